The van der Waals surface area contributed by atoms with Gasteiger partial charge in [-0.2, -0.15) is 11.8 Å². The fraction of sp³-hybridized carbons (Fsp3) is 1.00. The van der Waals surface area contributed by atoms with Crippen molar-refractivity contribution >= 4 is 11.8 Å². The number of hydrogen-bond donors (Lipinski definition) is 1. The van der Waals surface area contributed by atoms with Gasteiger partial charge >= 0.3 is 0 Å². The second-order valence-corrected chi connectivity index (χ2v) is 4.26. The Morgan fingerprint density at radius 1 is 1.45 bits per heavy atom. The van der Waals surface area contributed by atoms with E-state index in [1.807, 2.05) is 18.9 Å². The number of rotatable bonds is 3. The van der Waals surface area contributed by atoms with E-state index in [9.17, 15) is 0 Å². The van der Waals surface area contributed by atoms with Crippen molar-refractivity contribution in [2.24, 2.45) is 5.73 Å². The van der Waals surface area contributed by atoms with E-state index in [2.05, 4.69) is 0 Å². The number of methoxy groups -OCH3 is 1. The number of nitrogens with two attached hydrogens (primary N) is 1. The van der Waals surface area contributed by atoms with Gasteiger partial charge in [0.05, 0.1) is 5.60 Å². The summed E-state index contributed by atoms with van der Waals surface area (Å²) in [4.78, 5) is 0. The molecule has 0 atom stereocenters. The topological polar surface area (TPSA) is 35.2 Å². The van der Waals surface area contributed by atoms with Gasteiger partial charge < -0.3 is 10.5 Å². The Morgan fingerprint density at radius 2 is 2.09 bits per heavy atom. The van der Waals surface area contributed by atoms with Crippen LogP contribution in [0.1, 0.15) is 19.3 Å². The number of thioether (sulfide) groups is 1. The van der Waals surface area contributed by atoms with Crippen LogP contribution in [0.2, 0.25) is 0 Å². The molecule has 11 heavy (non-hydrogen) atoms. The summed E-state index contributed by atoms with van der Waals surface area (Å²) in [5, 5.41) is 0. The summed E-state index contributed by atoms with van der Waals surface area (Å²) in [6.07, 6.45) is 3.36. The number of ether oxygens (including phenoxy) is 1. The molecule has 2 nitrogen and oxygen atoms in total. The first-order valence-corrected chi connectivity index (χ1v) is 5.31. The van der Waals surface area contributed by atoms with Crippen LogP contribution in [0.5, 0.6) is 0 Å². The summed E-state index contributed by atoms with van der Waals surface area (Å²) in [7, 11) is 1.81. The number of hydrogen-bond acceptors (Lipinski definition) is 3. The summed E-state index contributed by atoms with van der Waals surface area (Å²) < 4.78 is 5.53. The molecule has 1 aliphatic rings. The summed E-state index contributed by atoms with van der Waals surface area (Å²) >= 11 is 2.02. The molecular weight excluding hydrogens is 158 g/mol. The van der Waals surface area contributed by atoms with E-state index < -0.39 is 0 Å². The molecule has 1 saturated heterocycles. The molecule has 0 aromatic carbocycles. The van der Waals surface area contributed by atoms with Crippen molar-refractivity contribution in [3.63, 3.8) is 0 Å². The van der Waals surface area contributed by atoms with E-state index in [-0.39, 0.29) is 5.60 Å². The highest BCUT2D eigenvalue weighted by atomic mass is 32.2. The molecule has 0 aliphatic carbocycles. The Bertz CT molecular complexity index is 107. The minimum absolute atomic E-state index is 0.125. The van der Waals surface area contributed by atoms with Crippen LogP contribution in [0, 0.1) is 0 Å². The second kappa shape index (κ2) is 4.33. The van der Waals surface area contributed by atoms with Gasteiger partial charge in [0.15, 0.2) is 0 Å². The molecular formula is C8H17NOS. The third-order valence-electron chi connectivity index (χ3n) is 2.44. The molecule has 3 heteroatoms. The molecule has 0 amide bonds. The van der Waals surface area contributed by atoms with Crippen LogP contribution in [-0.2, 0) is 4.74 Å². The Hall–Kier alpha value is 0.270. The van der Waals surface area contributed by atoms with Crippen LogP contribution in [0.25, 0.3) is 0 Å². The standard InChI is InChI=1S/C8H17NOS/c1-10-8(2-5-9)3-6-11-7-4-8/h2-7,9H2,1H3. The lowest BCUT2D eigenvalue weighted by Gasteiger charge is -2.35. The van der Waals surface area contributed by atoms with Gasteiger partial charge in [-0.05, 0) is 37.3 Å². The highest BCUT2D eigenvalue weighted by Crippen LogP contribution is 2.32. The molecule has 0 radical (unpaired) electrons. The quantitative estimate of drug-likeness (QED) is 0.701. The first-order valence-electron chi connectivity index (χ1n) is 4.16. The molecule has 0 spiro atoms. The molecule has 1 aliphatic heterocycles. The lowest BCUT2D eigenvalue weighted by Crippen LogP contribution is -2.37. The summed E-state index contributed by atoms with van der Waals surface area (Å²) in [5.41, 5.74) is 5.66. The highest BCUT2D eigenvalue weighted by Gasteiger charge is 2.30. The van der Waals surface area contributed by atoms with Gasteiger partial charge in [-0.15, -0.1) is 0 Å². The van der Waals surface area contributed by atoms with Gasteiger partial charge in [0.2, 0.25) is 0 Å². The van der Waals surface area contributed by atoms with E-state index >= 15 is 0 Å². The Morgan fingerprint density at radius 3 is 2.55 bits per heavy atom. The van der Waals surface area contributed by atoms with Gasteiger partial charge in [-0.25, -0.2) is 0 Å². The smallest absolute Gasteiger partial charge is 0.0706 e. The average molecular weight is 175 g/mol. The van der Waals surface area contributed by atoms with Crippen LogP contribution in [0.3, 0.4) is 0 Å². The predicted molar refractivity (Wildman–Crippen MR) is 50.0 cm³/mol. The molecule has 66 valence electrons. The molecule has 0 bridgehead atoms. The third-order valence-corrected chi connectivity index (χ3v) is 3.42. The molecule has 0 saturated carbocycles. The zero-order valence-corrected chi connectivity index (χ0v) is 7.95. The van der Waals surface area contributed by atoms with Crippen molar-refractivity contribution in [1.29, 1.82) is 0 Å². The Kier molecular flexibility index (Phi) is 3.69. The van der Waals surface area contributed by atoms with Crippen molar-refractivity contribution in [3.8, 4) is 0 Å². The van der Waals surface area contributed by atoms with Gasteiger partial charge in [0, 0.05) is 7.11 Å². The predicted octanol–water partition coefficient (Wildman–Crippen LogP) is 1.25. The maximum atomic E-state index is 5.53. The molecule has 0 unspecified atom stereocenters. The van der Waals surface area contributed by atoms with Gasteiger partial charge in [-0.1, -0.05) is 0 Å². The van der Waals surface area contributed by atoms with E-state index in [0.29, 0.717) is 0 Å². The van der Waals surface area contributed by atoms with Crippen LogP contribution < -0.4 is 5.73 Å². The summed E-state index contributed by atoms with van der Waals surface area (Å²) in [5.74, 6) is 2.46. The molecule has 1 rings (SSSR count). The molecule has 2 N–H and O–H groups in total. The summed E-state index contributed by atoms with van der Waals surface area (Å²) in [6, 6.07) is 0. The van der Waals surface area contributed by atoms with Crippen molar-refractivity contribution in [3.05, 3.63) is 0 Å². The van der Waals surface area contributed by atoms with Crippen LogP contribution >= 0.6 is 11.8 Å². The fourth-order valence-corrected chi connectivity index (χ4v) is 2.80. The molecule has 0 aromatic heterocycles. The Balaban J connectivity index is 2.42. The monoisotopic (exact) mass is 175 g/mol. The van der Waals surface area contributed by atoms with Gasteiger partial charge in [0.25, 0.3) is 0 Å². The first-order chi connectivity index (χ1) is 5.33. The maximum absolute atomic E-state index is 5.53. The average Bonchev–Trinajstić information content (AvgIpc) is 2.07. The van der Waals surface area contributed by atoms with Crippen LogP contribution in [0.4, 0.5) is 0 Å². The van der Waals surface area contributed by atoms with Crippen LogP contribution in [0.15, 0.2) is 0 Å². The fourth-order valence-electron chi connectivity index (χ4n) is 1.56. The lowest BCUT2D eigenvalue weighted by atomic mass is 9.93. The normalized spacial score (nSPS) is 23.5. The lowest BCUT2D eigenvalue weighted by molar-refractivity contribution is -0.0218. The van der Waals surface area contributed by atoms with E-state index in [1.54, 1.807) is 0 Å². The molecule has 1 fully saturated rings. The van der Waals surface area contributed by atoms with Crippen molar-refractivity contribution < 1.29 is 4.74 Å². The Labute approximate surface area is 72.9 Å². The minimum Gasteiger partial charge on any atom is -0.378 e. The third kappa shape index (κ3) is 2.36. The van der Waals surface area contributed by atoms with Crippen LogP contribution in [-0.4, -0.2) is 30.8 Å². The largest absolute Gasteiger partial charge is 0.378 e. The maximum Gasteiger partial charge on any atom is 0.0706 e. The second-order valence-electron chi connectivity index (χ2n) is 3.04. The van der Waals surface area contributed by atoms with E-state index in [1.165, 1.54) is 24.3 Å². The van der Waals surface area contributed by atoms with Gasteiger partial charge in [-0.3, -0.25) is 0 Å². The van der Waals surface area contributed by atoms with Crippen molar-refractivity contribution in [1.82, 2.24) is 0 Å². The zero-order chi connectivity index (χ0) is 8.16. The highest BCUT2D eigenvalue weighted by molar-refractivity contribution is 7.99. The van der Waals surface area contributed by atoms with E-state index in [4.69, 9.17) is 10.5 Å². The summed E-state index contributed by atoms with van der Waals surface area (Å²) in [6.45, 7) is 0.749. The SMILES string of the molecule is COC1(CCN)CCSCC1. The molecule has 1 heterocycles. The first kappa shape index (κ1) is 9.36. The minimum atomic E-state index is 0.125. The van der Waals surface area contributed by atoms with Crippen molar-refractivity contribution in [2.75, 3.05) is 25.2 Å². The zero-order valence-electron chi connectivity index (χ0n) is 7.14. The van der Waals surface area contributed by atoms with Gasteiger partial charge in [0.1, 0.15) is 0 Å². The van der Waals surface area contributed by atoms with E-state index in [0.717, 1.165) is 13.0 Å². The molecule has 0 aromatic rings. The van der Waals surface area contributed by atoms with Crippen molar-refractivity contribution in [2.45, 2.75) is 24.9 Å².